The molecular formula is C22H30O5. The number of hydrogen-bond donors (Lipinski definition) is 0. The third-order valence-electron chi connectivity index (χ3n) is 6.78. The van der Waals surface area contributed by atoms with Gasteiger partial charge in [-0.05, 0) is 51.0 Å². The number of allylic oxidation sites excluding steroid dienone is 1. The molecule has 3 fully saturated rings. The summed E-state index contributed by atoms with van der Waals surface area (Å²) in [6.07, 6.45) is 10.7. The van der Waals surface area contributed by atoms with E-state index in [0.29, 0.717) is 12.2 Å². The van der Waals surface area contributed by atoms with Crippen LogP contribution in [0.4, 0.5) is 0 Å². The quantitative estimate of drug-likeness (QED) is 0.325. The SMILES string of the molecule is C=C1C(=O)O[C@H]2[C@H]1CC/C(COC(=O)C1CCCCC1)=C\CC[C@@]1(C)O[C@@H]21. The minimum atomic E-state index is -0.295. The summed E-state index contributed by atoms with van der Waals surface area (Å²) in [6, 6.07) is 0. The van der Waals surface area contributed by atoms with Crippen molar-refractivity contribution in [2.24, 2.45) is 11.8 Å². The fourth-order valence-corrected chi connectivity index (χ4v) is 4.87. The van der Waals surface area contributed by atoms with E-state index in [0.717, 1.165) is 56.9 Å². The minimum Gasteiger partial charge on any atom is -0.461 e. The summed E-state index contributed by atoms with van der Waals surface area (Å²) in [4.78, 5) is 24.4. The first-order chi connectivity index (χ1) is 13.0. The van der Waals surface area contributed by atoms with Crippen molar-refractivity contribution in [2.45, 2.75) is 82.5 Å². The van der Waals surface area contributed by atoms with Crippen LogP contribution in [0.25, 0.3) is 0 Å². The van der Waals surface area contributed by atoms with Crippen molar-refractivity contribution in [3.63, 3.8) is 0 Å². The van der Waals surface area contributed by atoms with Gasteiger partial charge < -0.3 is 14.2 Å². The van der Waals surface area contributed by atoms with Gasteiger partial charge in [-0.15, -0.1) is 0 Å². The van der Waals surface area contributed by atoms with E-state index >= 15 is 0 Å². The van der Waals surface area contributed by atoms with Crippen molar-refractivity contribution < 1.29 is 23.8 Å². The standard InChI is InChI=1S/C22H30O5/c1-14-17-11-10-15(13-25-21(24)16-8-4-3-5-9-16)7-6-12-22(2)19(27-22)18(17)26-20(14)23/h7,16-19H,1,3-6,8-13H2,2H3/b15-7+/t17-,18-,19-,22+/m0/s1. The highest BCUT2D eigenvalue weighted by molar-refractivity contribution is 5.91. The first kappa shape index (κ1) is 18.7. The topological polar surface area (TPSA) is 65.1 Å². The van der Waals surface area contributed by atoms with Crippen LogP contribution in [0.1, 0.15) is 64.7 Å². The minimum absolute atomic E-state index is 0.0140. The smallest absolute Gasteiger partial charge is 0.334 e. The summed E-state index contributed by atoms with van der Waals surface area (Å²) < 4.78 is 17.2. The second kappa shape index (κ2) is 7.42. The van der Waals surface area contributed by atoms with E-state index in [4.69, 9.17) is 14.2 Å². The molecule has 5 nitrogen and oxygen atoms in total. The molecule has 2 heterocycles. The number of epoxide rings is 1. The van der Waals surface area contributed by atoms with Crippen LogP contribution in [0.2, 0.25) is 0 Å². The van der Waals surface area contributed by atoms with Gasteiger partial charge in [0.15, 0.2) is 0 Å². The van der Waals surface area contributed by atoms with E-state index in [-0.39, 0.29) is 41.6 Å². The molecule has 4 atom stereocenters. The molecule has 0 bridgehead atoms. The summed E-state index contributed by atoms with van der Waals surface area (Å²) in [7, 11) is 0. The lowest BCUT2D eigenvalue weighted by molar-refractivity contribution is -0.148. The fourth-order valence-electron chi connectivity index (χ4n) is 4.87. The van der Waals surface area contributed by atoms with Gasteiger partial charge in [-0.1, -0.05) is 31.9 Å². The van der Waals surface area contributed by atoms with Crippen LogP contribution in [0.3, 0.4) is 0 Å². The van der Waals surface area contributed by atoms with Crippen molar-refractivity contribution in [1.29, 1.82) is 0 Å². The lowest BCUT2D eigenvalue weighted by Crippen LogP contribution is -2.29. The monoisotopic (exact) mass is 374 g/mol. The molecule has 4 aliphatic rings. The average Bonchev–Trinajstić information content (AvgIpc) is 3.26. The zero-order chi connectivity index (χ0) is 19.0. The highest BCUT2D eigenvalue weighted by atomic mass is 16.6. The molecule has 0 unspecified atom stereocenters. The highest BCUT2D eigenvalue weighted by Crippen LogP contribution is 2.49. The molecule has 1 saturated carbocycles. The Labute approximate surface area is 161 Å². The third kappa shape index (κ3) is 3.84. The van der Waals surface area contributed by atoms with E-state index in [1.165, 1.54) is 6.42 Å². The Morgan fingerprint density at radius 2 is 2.07 bits per heavy atom. The molecule has 148 valence electrons. The number of rotatable bonds is 3. The second-order valence-corrected chi connectivity index (χ2v) is 8.74. The maximum atomic E-state index is 12.4. The van der Waals surface area contributed by atoms with E-state index < -0.39 is 0 Å². The predicted octanol–water partition coefficient (Wildman–Crippen LogP) is 3.87. The lowest BCUT2D eigenvalue weighted by atomic mass is 9.84. The fraction of sp³-hybridized carbons (Fsp3) is 0.727. The maximum absolute atomic E-state index is 12.4. The Balaban J connectivity index is 1.40. The van der Waals surface area contributed by atoms with Gasteiger partial charge in [-0.25, -0.2) is 4.79 Å². The van der Waals surface area contributed by atoms with Crippen LogP contribution >= 0.6 is 0 Å². The van der Waals surface area contributed by atoms with Crippen LogP contribution in [0.5, 0.6) is 0 Å². The average molecular weight is 374 g/mol. The van der Waals surface area contributed by atoms with E-state index in [2.05, 4.69) is 19.6 Å². The molecule has 0 aromatic rings. The number of fused-ring (bicyclic) bond motifs is 3. The Kier molecular flexibility index (Phi) is 5.15. The zero-order valence-electron chi connectivity index (χ0n) is 16.2. The molecular weight excluding hydrogens is 344 g/mol. The third-order valence-corrected chi connectivity index (χ3v) is 6.78. The van der Waals surface area contributed by atoms with Gasteiger partial charge in [-0.3, -0.25) is 4.79 Å². The van der Waals surface area contributed by atoms with Crippen LogP contribution in [0, 0.1) is 11.8 Å². The number of carbonyl (C=O) groups is 2. The molecule has 5 heteroatoms. The normalized spacial score (nSPS) is 38.9. The number of ether oxygens (including phenoxy) is 3. The molecule has 0 radical (unpaired) electrons. The molecule has 0 aromatic carbocycles. The molecule has 0 aromatic heterocycles. The van der Waals surface area contributed by atoms with Crippen LogP contribution in [-0.4, -0.2) is 36.4 Å². The molecule has 0 N–H and O–H groups in total. The summed E-state index contributed by atoms with van der Waals surface area (Å²) >= 11 is 0. The highest BCUT2D eigenvalue weighted by Gasteiger charge is 2.61. The lowest BCUT2D eigenvalue weighted by Gasteiger charge is -2.22. The van der Waals surface area contributed by atoms with Crippen molar-refractivity contribution in [2.75, 3.05) is 6.61 Å². The zero-order valence-corrected chi connectivity index (χ0v) is 16.2. The van der Waals surface area contributed by atoms with E-state index in [1.54, 1.807) is 0 Å². The largest absolute Gasteiger partial charge is 0.461 e. The summed E-state index contributed by atoms with van der Waals surface area (Å²) in [5, 5.41) is 0. The Hall–Kier alpha value is -1.62. The van der Waals surface area contributed by atoms with Gasteiger partial charge in [0.1, 0.15) is 18.8 Å². The number of esters is 2. The summed E-state index contributed by atoms with van der Waals surface area (Å²) in [5.41, 5.74) is 1.45. The molecule has 2 aliphatic heterocycles. The van der Waals surface area contributed by atoms with Gasteiger partial charge in [-0.2, -0.15) is 0 Å². The van der Waals surface area contributed by atoms with Crippen molar-refractivity contribution in [1.82, 2.24) is 0 Å². The van der Waals surface area contributed by atoms with Gasteiger partial charge >= 0.3 is 11.9 Å². The second-order valence-electron chi connectivity index (χ2n) is 8.74. The Morgan fingerprint density at radius 1 is 1.30 bits per heavy atom. The molecule has 2 saturated heterocycles. The summed E-state index contributed by atoms with van der Waals surface area (Å²) in [5.74, 6) is -0.286. The van der Waals surface area contributed by atoms with E-state index in [9.17, 15) is 9.59 Å². The van der Waals surface area contributed by atoms with Gasteiger partial charge in [0.2, 0.25) is 0 Å². The van der Waals surface area contributed by atoms with Crippen molar-refractivity contribution in [3.05, 3.63) is 23.8 Å². The molecule has 2 aliphatic carbocycles. The predicted molar refractivity (Wildman–Crippen MR) is 99.9 cm³/mol. The van der Waals surface area contributed by atoms with Crippen LogP contribution in [-0.2, 0) is 23.8 Å². The molecule has 4 rings (SSSR count). The van der Waals surface area contributed by atoms with Gasteiger partial charge in [0, 0.05) is 11.5 Å². The number of hydrogen-bond acceptors (Lipinski definition) is 5. The van der Waals surface area contributed by atoms with Gasteiger partial charge in [0.05, 0.1) is 11.5 Å². The molecule has 27 heavy (non-hydrogen) atoms. The van der Waals surface area contributed by atoms with Crippen molar-refractivity contribution in [3.8, 4) is 0 Å². The van der Waals surface area contributed by atoms with Crippen molar-refractivity contribution >= 4 is 11.9 Å². The van der Waals surface area contributed by atoms with E-state index in [1.807, 2.05) is 0 Å². The van der Waals surface area contributed by atoms with Gasteiger partial charge in [0.25, 0.3) is 0 Å². The maximum Gasteiger partial charge on any atom is 0.334 e. The van der Waals surface area contributed by atoms with Crippen LogP contribution < -0.4 is 0 Å². The molecule has 0 amide bonds. The Morgan fingerprint density at radius 3 is 2.85 bits per heavy atom. The first-order valence-corrected chi connectivity index (χ1v) is 10.4. The Bertz CT molecular complexity index is 660. The summed E-state index contributed by atoms with van der Waals surface area (Å²) in [6.45, 7) is 6.39. The van der Waals surface area contributed by atoms with Crippen LogP contribution in [0.15, 0.2) is 23.8 Å². The number of carbonyl (C=O) groups excluding carboxylic acids is 2. The molecule has 0 spiro atoms. The first-order valence-electron chi connectivity index (χ1n) is 10.4.